The highest BCUT2D eigenvalue weighted by Crippen LogP contribution is 2.29. The van der Waals surface area contributed by atoms with Crippen molar-refractivity contribution in [2.24, 2.45) is 10.9 Å². The Morgan fingerprint density at radius 3 is 2.68 bits per heavy atom. The van der Waals surface area contributed by atoms with Crippen molar-refractivity contribution in [1.29, 1.82) is 0 Å². The molecule has 2 aliphatic rings. The number of hydrogen-bond donors (Lipinski definition) is 2. The monoisotopic (exact) mass is 259 g/mol. The number of piperidine rings is 1. The van der Waals surface area contributed by atoms with Crippen molar-refractivity contribution in [2.75, 3.05) is 20.1 Å². The van der Waals surface area contributed by atoms with Gasteiger partial charge in [-0.3, -0.25) is 4.79 Å². The number of rotatable bonds is 1. The van der Waals surface area contributed by atoms with Crippen molar-refractivity contribution in [3.05, 3.63) is 35.9 Å². The van der Waals surface area contributed by atoms with E-state index < -0.39 is 6.35 Å². The number of aliphatic hydroxyl groups excluding tert-OH is 1. The van der Waals surface area contributed by atoms with Gasteiger partial charge in [0.1, 0.15) is 0 Å². The van der Waals surface area contributed by atoms with Crippen molar-refractivity contribution < 1.29 is 9.90 Å². The Balaban J connectivity index is 2.00. The fraction of sp³-hybridized carbons (Fsp3) is 0.429. The molecule has 5 heteroatoms. The van der Waals surface area contributed by atoms with Crippen LogP contribution in [-0.2, 0) is 4.79 Å². The summed E-state index contributed by atoms with van der Waals surface area (Å²) in [5.74, 6) is -0.317. The molecule has 0 radical (unpaired) electrons. The predicted molar refractivity (Wildman–Crippen MR) is 71.8 cm³/mol. The number of aliphatic imine (C=N–C) groups is 1. The molecule has 5 nitrogen and oxygen atoms in total. The number of carbonyl (C=O) groups is 1. The van der Waals surface area contributed by atoms with Crippen molar-refractivity contribution in [1.82, 2.24) is 10.2 Å². The summed E-state index contributed by atoms with van der Waals surface area (Å²) in [5, 5.41) is 12.1. The van der Waals surface area contributed by atoms with Crippen molar-refractivity contribution in [3.8, 4) is 0 Å². The topological polar surface area (TPSA) is 64.9 Å². The Morgan fingerprint density at radius 2 is 1.95 bits per heavy atom. The summed E-state index contributed by atoms with van der Waals surface area (Å²) < 4.78 is 0. The first kappa shape index (κ1) is 12.3. The van der Waals surface area contributed by atoms with Gasteiger partial charge in [-0.1, -0.05) is 30.3 Å². The molecule has 0 aromatic heterocycles. The van der Waals surface area contributed by atoms with Crippen molar-refractivity contribution >= 4 is 11.6 Å². The summed E-state index contributed by atoms with van der Waals surface area (Å²) in [6, 6.07) is 10.0. The van der Waals surface area contributed by atoms with Gasteiger partial charge in [0, 0.05) is 24.7 Å². The lowest BCUT2D eigenvalue weighted by atomic mass is 9.81. The number of aliphatic hydroxyl groups is 1. The molecule has 0 saturated carbocycles. The van der Waals surface area contributed by atoms with Crippen molar-refractivity contribution in [2.45, 2.75) is 12.3 Å². The third kappa shape index (κ3) is 2.27. The zero-order chi connectivity index (χ0) is 13.4. The lowest BCUT2D eigenvalue weighted by Gasteiger charge is -2.39. The maximum atomic E-state index is 12.0. The minimum atomic E-state index is -1.10. The van der Waals surface area contributed by atoms with E-state index in [1.54, 1.807) is 0 Å². The van der Waals surface area contributed by atoms with Gasteiger partial charge in [0.2, 0.25) is 12.3 Å². The van der Waals surface area contributed by atoms with Crippen LogP contribution in [0.5, 0.6) is 0 Å². The Hall–Kier alpha value is -1.72. The number of nitrogens with zero attached hydrogens (tertiary/aromatic N) is 2. The van der Waals surface area contributed by atoms with Gasteiger partial charge in [-0.05, 0) is 12.6 Å². The Bertz CT molecular complexity index is 515. The highest BCUT2D eigenvalue weighted by molar-refractivity contribution is 6.09. The van der Waals surface area contributed by atoms with Crippen LogP contribution in [0.2, 0.25) is 0 Å². The second-order valence-electron chi connectivity index (χ2n) is 5.17. The highest BCUT2D eigenvalue weighted by Gasteiger charge is 2.40. The summed E-state index contributed by atoms with van der Waals surface area (Å²) in [5.41, 5.74) is 1.94. The van der Waals surface area contributed by atoms with Crippen LogP contribution in [0.1, 0.15) is 11.5 Å². The molecular weight excluding hydrogens is 242 g/mol. The van der Waals surface area contributed by atoms with Gasteiger partial charge >= 0.3 is 0 Å². The third-order valence-corrected chi connectivity index (χ3v) is 3.76. The maximum absolute atomic E-state index is 12.0. The Labute approximate surface area is 112 Å². The molecule has 0 spiro atoms. The molecule has 1 aromatic rings. The lowest BCUT2D eigenvalue weighted by Crippen LogP contribution is -2.55. The molecule has 19 heavy (non-hydrogen) atoms. The SMILES string of the molecule is CN1CC2C(=O)NC(O)N=C2C(c2ccccc2)C1. The highest BCUT2D eigenvalue weighted by atomic mass is 16.3. The molecule has 1 amide bonds. The Morgan fingerprint density at radius 1 is 1.26 bits per heavy atom. The molecule has 1 aromatic carbocycles. The number of likely N-dealkylation sites (N-methyl/N-ethyl adjacent to an activating group) is 1. The lowest BCUT2D eigenvalue weighted by molar-refractivity contribution is -0.127. The summed E-state index contributed by atoms with van der Waals surface area (Å²) in [6.07, 6.45) is -1.10. The van der Waals surface area contributed by atoms with E-state index in [2.05, 4.69) is 15.2 Å². The summed E-state index contributed by atoms with van der Waals surface area (Å²) in [7, 11) is 2.00. The molecule has 0 aliphatic carbocycles. The fourth-order valence-electron chi connectivity index (χ4n) is 2.89. The molecule has 2 aliphatic heterocycles. The van der Waals surface area contributed by atoms with Crippen LogP contribution in [0.4, 0.5) is 0 Å². The number of hydrogen-bond acceptors (Lipinski definition) is 4. The second kappa shape index (κ2) is 4.75. The van der Waals surface area contributed by atoms with Crippen molar-refractivity contribution in [3.63, 3.8) is 0 Å². The molecule has 1 fully saturated rings. The van der Waals surface area contributed by atoms with Gasteiger partial charge in [0.25, 0.3) is 0 Å². The molecule has 1 saturated heterocycles. The second-order valence-corrected chi connectivity index (χ2v) is 5.17. The van der Waals surface area contributed by atoms with Gasteiger partial charge in [0.15, 0.2) is 0 Å². The van der Waals surface area contributed by atoms with Gasteiger partial charge in [-0.2, -0.15) is 0 Å². The van der Waals surface area contributed by atoms with Crippen LogP contribution in [-0.4, -0.2) is 48.1 Å². The van der Waals surface area contributed by atoms with Gasteiger partial charge in [0.05, 0.1) is 5.92 Å². The van der Waals surface area contributed by atoms with Crippen LogP contribution < -0.4 is 5.32 Å². The first-order valence-corrected chi connectivity index (χ1v) is 6.44. The van der Waals surface area contributed by atoms with E-state index in [1.165, 1.54) is 0 Å². The summed E-state index contributed by atoms with van der Waals surface area (Å²) in [6.45, 7) is 1.47. The minimum Gasteiger partial charge on any atom is -0.355 e. The number of carbonyl (C=O) groups excluding carboxylic acids is 1. The van der Waals surface area contributed by atoms with Crippen LogP contribution in [0.15, 0.2) is 35.3 Å². The molecule has 3 unspecified atom stereocenters. The van der Waals surface area contributed by atoms with E-state index in [0.717, 1.165) is 17.8 Å². The van der Waals surface area contributed by atoms with Crippen LogP contribution in [0.3, 0.4) is 0 Å². The zero-order valence-electron chi connectivity index (χ0n) is 10.8. The quantitative estimate of drug-likeness (QED) is 0.756. The number of fused-ring (bicyclic) bond motifs is 1. The summed E-state index contributed by atoms with van der Waals surface area (Å²) >= 11 is 0. The maximum Gasteiger partial charge on any atom is 0.233 e. The number of amides is 1. The molecule has 2 heterocycles. The smallest absolute Gasteiger partial charge is 0.233 e. The normalized spacial score (nSPS) is 31.4. The number of benzene rings is 1. The van der Waals surface area contributed by atoms with Crippen LogP contribution in [0, 0.1) is 5.92 Å². The van der Waals surface area contributed by atoms with E-state index in [0.29, 0.717) is 6.54 Å². The van der Waals surface area contributed by atoms with Gasteiger partial charge < -0.3 is 15.3 Å². The van der Waals surface area contributed by atoms with Gasteiger partial charge in [-0.15, -0.1) is 0 Å². The van der Waals surface area contributed by atoms with E-state index in [9.17, 15) is 9.90 Å². The minimum absolute atomic E-state index is 0.0747. The number of likely N-dealkylation sites (tertiary alicyclic amines) is 1. The number of nitrogens with one attached hydrogen (secondary N) is 1. The average molecular weight is 259 g/mol. The average Bonchev–Trinajstić information content (AvgIpc) is 2.40. The standard InChI is InChI=1S/C14H17N3O2/c1-17-7-10(9-5-3-2-4-6-9)12-11(8-17)13(18)16-14(19)15-12/h2-6,10-11,14,19H,7-8H2,1H3,(H,16,18). The van der Waals surface area contributed by atoms with Crippen LogP contribution >= 0.6 is 0 Å². The Kier molecular flexibility index (Phi) is 3.08. The fourth-order valence-corrected chi connectivity index (χ4v) is 2.89. The molecule has 3 rings (SSSR count). The summed E-state index contributed by atoms with van der Waals surface area (Å²) in [4.78, 5) is 18.4. The molecule has 3 atom stereocenters. The zero-order valence-corrected chi connectivity index (χ0v) is 10.8. The molecule has 0 bridgehead atoms. The third-order valence-electron chi connectivity index (χ3n) is 3.76. The predicted octanol–water partition coefficient (Wildman–Crippen LogP) is 0.179. The van der Waals surface area contributed by atoms with E-state index in [-0.39, 0.29) is 17.7 Å². The largest absolute Gasteiger partial charge is 0.355 e. The van der Waals surface area contributed by atoms with Crippen LogP contribution in [0.25, 0.3) is 0 Å². The molecular formula is C14H17N3O2. The van der Waals surface area contributed by atoms with E-state index in [4.69, 9.17) is 0 Å². The molecule has 100 valence electrons. The van der Waals surface area contributed by atoms with E-state index in [1.807, 2.05) is 37.4 Å². The van der Waals surface area contributed by atoms with Gasteiger partial charge in [-0.25, -0.2) is 4.99 Å². The first-order valence-electron chi connectivity index (χ1n) is 6.44. The first-order chi connectivity index (χ1) is 9.15. The molecule has 2 N–H and O–H groups in total. The van der Waals surface area contributed by atoms with E-state index >= 15 is 0 Å².